The van der Waals surface area contributed by atoms with E-state index in [0.717, 1.165) is 34.9 Å². The van der Waals surface area contributed by atoms with Gasteiger partial charge in [0.05, 0.1) is 14.2 Å². The van der Waals surface area contributed by atoms with Gasteiger partial charge in [-0.05, 0) is 43.2 Å². The van der Waals surface area contributed by atoms with Gasteiger partial charge in [-0.1, -0.05) is 29.8 Å². The second kappa shape index (κ2) is 7.46. The van der Waals surface area contributed by atoms with E-state index < -0.39 is 0 Å². The summed E-state index contributed by atoms with van der Waals surface area (Å²) in [5.74, 6) is 0.957. The number of nitrogens with zero attached hydrogens (tertiary/aromatic N) is 1. The number of nitrogens with one attached hydrogen (secondary N) is 1. The van der Waals surface area contributed by atoms with Crippen molar-refractivity contribution >= 4 is 23.2 Å². The quantitative estimate of drug-likeness (QED) is 0.889. The predicted molar refractivity (Wildman–Crippen MR) is 101 cm³/mol. The molecule has 1 unspecified atom stereocenters. The fraction of sp³-hybridized carbons (Fsp3) is 0.350. The van der Waals surface area contributed by atoms with Crippen molar-refractivity contribution in [3.63, 3.8) is 0 Å². The molecule has 1 heterocycles. The normalized spacial score (nSPS) is 15.6. The van der Waals surface area contributed by atoms with Gasteiger partial charge in [-0.3, -0.25) is 4.79 Å². The third-order valence-corrected chi connectivity index (χ3v) is 5.21. The molecule has 0 saturated carbocycles. The van der Waals surface area contributed by atoms with Crippen molar-refractivity contribution in [3.8, 4) is 5.75 Å². The smallest absolute Gasteiger partial charge is 0.284 e. The van der Waals surface area contributed by atoms with E-state index in [9.17, 15) is 4.79 Å². The highest BCUT2D eigenvalue weighted by molar-refractivity contribution is 6.30. The number of methoxy groups -OCH3 is 1. The molecule has 1 aliphatic rings. The first-order valence-corrected chi connectivity index (χ1v) is 8.93. The van der Waals surface area contributed by atoms with E-state index in [2.05, 4.69) is 6.07 Å². The van der Waals surface area contributed by atoms with Crippen LogP contribution in [0.5, 0.6) is 5.75 Å². The summed E-state index contributed by atoms with van der Waals surface area (Å²) >= 11 is 6.12. The van der Waals surface area contributed by atoms with Gasteiger partial charge in [0.25, 0.3) is 5.91 Å². The van der Waals surface area contributed by atoms with Crippen molar-refractivity contribution in [2.45, 2.75) is 25.9 Å². The maximum absolute atomic E-state index is 13.0. The van der Waals surface area contributed by atoms with E-state index in [1.165, 1.54) is 5.56 Å². The summed E-state index contributed by atoms with van der Waals surface area (Å²) in [5.41, 5.74) is 3.30. The Bertz CT molecular complexity index is 778. The van der Waals surface area contributed by atoms with Crippen LogP contribution in [0.4, 0.5) is 5.69 Å². The third-order valence-electron chi connectivity index (χ3n) is 4.97. The molecule has 2 aromatic rings. The molecule has 4 nitrogen and oxygen atoms in total. The number of anilines is 1. The summed E-state index contributed by atoms with van der Waals surface area (Å²) in [5, 5.41) is 0.677. The lowest BCUT2D eigenvalue weighted by atomic mass is 10.1. The van der Waals surface area contributed by atoms with Gasteiger partial charge < -0.3 is 14.5 Å². The molecule has 0 aliphatic carbocycles. The van der Waals surface area contributed by atoms with E-state index in [1.54, 1.807) is 7.11 Å². The SMILES string of the molecule is COc1ccc(Cl)cc1C[NH+](C)[C@H](C)C(=O)N1CCc2ccccc21. The number of likely N-dealkylation sites (N-methyl/N-ethyl adjacent to an activating group) is 1. The Morgan fingerprint density at radius 2 is 2.08 bits per heavy atom. The van der Waals surface area contributed by atoms with Crippen LogP contribution in [0.15, 0.2) is 42.5 Å². The summed E-state index contributed by atoms with van der Waals surface area (Å²) in [6.45, 7) is 3.41. The molecule has 132 valence electrons. The van der Waals surface area contributed by atoms with Gasteiger partial charge in [0.1, 0.15) is 12.3 Å². The molecule has 1 aliphatic heterocycles. The monoisotopic (exact) mass is 359 g/mol. The second-order valence-corrected chi connectivity index (χ2v) is 7.01. The lowest BCUT2D eigenvalue weighted by Gasteiger charge is -2.26. The Labute approximate surface area is 154 Å². The number of carbonyl (C=O) groups excluding carboxylic acids is 1. The van der Waals surface area contributed by atoms with E-state index in [-0.39, 0.29) is 11.9 Å². The zero-order valence-electron chi connectivity index (χ0n) is 14.9. The largest absolute Gasteiger partial charge is 0.496 e. The second-order valence-electron chi connectivity index (χ2n) is 6.57. The number of hydrogen-bond donors (Lipinski definition) is 1. The van der Waals surface area contributed by atoms with Gasteiger partial charge in [-0.2, -0.15) is 0 Å². The molecule has 2 atom stereocenters. The van der Waals surface area contributed by atoms with Gasteiger partial charge in [0.2, 0.25) is 0 Å². The van der Waals surface area contributed by atoms with Crippen LogP contribution in [0.3, 0.4) is 0 Å². The fourth-order valence-electron chi connectivity index (χ4n) is 3.35. The highest BCUT2D eigenvalue weighted by Crippen LogP contribution is 2.27. The number of carbonyl (C=O) groups is 1. The molecule has 0 aromatic heterocycles. The molecule has 0 fully saturated rings. The van der Waals surface area contributed by atoms with Crippen molar-refractivity contribution < 1.29 is 14.4 Å². The summed E-state index contributed by atoms with van der Waals surface area (Å²) < 4.78 is 5.42. The third kappa shape index (κ3) is 3.65. The maximum atomic E-state index is 13.0. The van der Waals surface area contributed by atoms with Crippen LogP contribution in [0.2, 0.25) is 5.02 Å². The first-order chi connectivity index (χ1) is 12.0. The Balaban J connectivity index is 1.74. The number of fused-ring (bicyclic) bond motifs is 1. The molecular formula is C20H24ClN2O2+. The van der Waals surface area contributed by atoms with E-state index in [4.69, 9.17) is 16.3 Å². The van der Waals surface area contributed by atoms with Crippen LogP contribution in [0.25, 0.3) is 0 Å². The Kier molecular flexibility index (Phi) is 5.30. The molecule has 1 amide bonds. The molecule has 0 spiro atoms. The summed E-state index contributed by atoms with van der Waals surface area (Å²) in [7, 11) is 3.68. The summed E-state index contributed by atoms with van der Waals surface area (Å²) in [6, 6.07) is 13.6. The molecule has 1 N–H and O–H groups in total. The number of hydrogen-bond acceptors (Lipinski definition) is 2. The van der Waals surface area contributed by atoms with Gasteiger partial charge in [-0.15, -0.1) is 0 Å². The van der Waals surface area contributed by atoms with E-state index in [0.29, 0.717) is 11.6 Å². The number of ether oxygens (including phenoxy) is 1. The van der Waals surface area contributed by atoms with E-state index >= 15 is 0 Å². The minimum Gasteiger partial charge on any atom is -0.496 e. The summed E-state index contributed by atoms with van der Waals surface area (Å²) in [4.78, 5) is 16.0. The molecule has 2 aromatic carbocycles. The van der Waals surface area contributed by atoms with Crippen LogP contribution in [0, 0.1) is 0 Å². The van der Waals surface area contributed by atoms with Crippen LogP contribution >= 0.6 is 11.6 Å². The lowest BCUT2D eigenvalue weighted by molar-refractivity contribution is -0.908. The number of halogens is 1. The van der Waals surface area contributed by atoms with Gasteiger partial charge >= 0.3 is 0 Å². The molecule has 25 heavy (non-hydrogen) atoms. The van der Waals surface area contributed by atoms with E-state index in [1.807, 2.05) is 55.3 Å². The molecule has 0 saturated heterocycles. The van der Waals surface area contributed by atoms with Crippen LogP contribution in [-0.4, -0.2) is 32.7 Å². The molecule has 3 rings (SSSR count). The topological polar surface area (TPSA) is 34.0 Å². The van der Waals surface area contributed by atoms with Crippen molar-refractivity contribution in [2.75, 3.05) is 25.6 Å². The van der Waals surface area contributed by atoms with Gasteiger partial charge in [0, 0.05) is 22.8 Å². The number of para-hydroxylation sites is 1. The number of rotatable bonds is 5. The zero-order valence-corrected chi connectivity index (χ0v) is 15.6. The standard InChI is InChI=1S/C20H23ClN2O2/c1-14(20(24)23-11-10-15-6-4-5-7-18(15)23)22(2)13-16-12-17(21)8-9-19(16)25-3/h4-9,12,14H,10-11,13H2,1-3H3/p+1/t14-/m1/s1. The molecule has 5 heteroatoms. The number of benzene rings is 2. The minimum absolute atomic E-state index is 0.156. The van der Waals surface area contributed by atoms with Crippen LogP contribution < -0.4 is 14.5 Å². The average molecular weight is 360 g/mol. The first kappa shape index (κ1) is 17.8. The van der Waals surface area contributed by atoms with Crippen LogP contribution in [0.1, 0.15) is 18.1 Å². The minimum atomic E-state index is -0.158. The molecule has 0 radical (unpaired) electrons. The van der Waals surface area contributed by atoms with Crippen molar-refractivity contribution in [3.05, 3.63) is 58.6 Å². The Morgan fingerprint density at radius 1 is 1.32 bits per heavy atom. The molecular weight excluding hydrogens is 336 g/mol. The van der Waals surface area contributed by atoms with Crippen molar-refractivity contribution in [2.24, 2.45) is 0 Å². The summed E-state index contributed by atoms with van der Waals surface area (Å²) in [6.07, 6.45) is 0.926. The first-order valence-electron chi connectivity index (χ1n) is 8.55. The lowest BCUT2D eigenvalue weighted by Crippen LogP contribution is -3.12. The highest BCUT2D eigenvalue weighted by atomic mass is 35.5. The van der Waals surface area contributed by atoms with Gasteiger partial charge in [0.15, 0.2) is 6.04 Å². The number of amides is 1. The van der Waals surface area contributed by atoms with Gasteiger partial charge in [-0.25, -0.2) is 0 Å². The fourth-order valence-corrected chi connectivity index (χ4v) is 3.55. The van der Waals surface area contributed by atoms with Crippen molar-refractivity contribution in [1.82, 2.24) is 0 Å². The Morgan fingerprint density at radius 3 is 2.84 bits per heavy atom. The average Bonchev–Trinajstić information content (AvgIpc) is 3.04. The van der Waals surface area contributed by atoms with Crippen molar-refractivity contribution in [1.29, 1.82) is 0 Å². The Hall–Kier alpha value is -2.04. The predicted octanol–water partition coefficient (Wildman–Crippen LogP) is 2.34. The van der Waals surface area contributed by atoms with Crippen LogP contribution in [-0.2, 0) is 17.8 Å². The molecule has 0 bridgehead atoms. The highest BCUT2D eigenvalue weighted by Gasteiger charge is 2.32. The number of quaternary nitrogens is 1. The zero-order chi connectivity index (χ0) is 18.0. The maximum Gasteiger partial charge on any atom is 0.284 e.